The molecular formula is C9H12N4. The summed E-state index contributed by atoms with van der Waals surface area (Å²) in [6, 6.07) is 3.69. The van der Waals surface area contributed by atoms with E-state index >= 15 is 0 Å². The number of hydrogen-bond donors (Lipinski definition) is 0. The van der Waals surface area contributed by atoms with Gasteiger partial charge < -0.3 is 0 Å². The van der Waals surface area contributed by atoms with Crippen molar-refractivity contribution in [3.8, 4) is 0 Å². The third-order valence-electron chi connectivity index (χ3n) is 1.78. The minimum atomic E-state index is 0.433. The highest BCUT2D eigenvalue weighted by molar-refractivity contribution is 5.28. The molecule has 4 nitrogen and oxygen atoms in total. The Kier molecular flexibility index (Phi) is 3.79. The lowest BCUT2D eigenvalue weighted by atomic mass is 10.1. The minimum absolute atomic E-state index is 0.433. The van der Waals surface area contributed by atoms with Crippen molar-refractivity contribution in [2.45, 2.75) is 26.2 Å². The molecule has 4 heteroatoms. The van der Waals surface area contributed by atoms with E-state index in [1.165, 1.54) is 18.4 Å². The summed E-state index contributed by atoms with van der Waals surface area (Å²) in [6.07, 6.45) is 5.15. The Morgan fingerprint density at radius 1 is 1.54 bits per heavy atom. The van der Waals surface area contributed by atoms with E-state index < -0.39 is 0 Å². The second kappa shape index (κ2) is 5.17. The van der Waals surface area contributed by atoms with Crippen LogP contribution in [-0.2, 0) is 6.42 Å². The molecular weight excluding hydrogens is 164 g/mol. The number of rotatable bonds is 4. The fraction of sp³-hybridized carbons (Fsp3) is 0.444. The largest absolute Gasteiger partial charge is 0.254 e. The van der Waals surface area contributed by atoms with Gasteiger partial charge in [-0.2, -0.15) is 0 Å². The fourth-order valence-corrected chi connectivity index (χ4v) is 1.05. The Bertz CT molecular complexity index is 298. The van der Waals surface area contributed by atoms with Crippen LogP contribution in [0.5, 0.6) is 0 Å². The van der Waals surface area contributed by atoms with E-state index in [1.54, 1.807) is 12.3 Å². The monoisotopic (exact) mass is 176 g/mol. The van der Waals surface area contributed by atoms with Gasteiger partial charge in [0.25, 0.3) is 0 Å². The fourth-order valence-electron chi connectivity index (χ4n) is 1.05. The molecule has 0 radical (unpaired) electrons. The molecule has 0 saturated carbocycles. The molecule has 0 unspecified atom stereocenters. The molecule has 0 saturated heterocycles. The summed E-state index contributed by atoms with van der Waals surface area (Å²) in [6.45, 7) is 2.15. The molecule has 0 aromatic carbocycles. The van der Waals surface area contributed by atoms with Crippen LogP contribution in [0, 0.1) is 0 Å². The number of unbranched alkanes of at least 4 members (excludes halogenated alkanes) is 1. The Morgan fingerprint density at radius 2 is 2.38 bits per heavy atom. The smallest absolute Gasteiger partial charge is 0.126 e. The highest BCUT2D eigenvalue weighted by Gasteiger charge is 1.93. The number of aromatic nitrogens is 1. The number of aryl methyl sites for hydroxylation is 1. The maximum atomic E-state index is 8.15. The van der Waals surface area contributed by atoms with Crippen LogP contribution in [0.4, 0.5) is 5.82 Å². The van der Waals surface area contributed by atoms with E-state index in [9.17, 15) is 0 Å². The van der Waals surface area contributed by atoms with Crippen LogP contribution in [0.25, 0.3) is 10.4 Å². The van der Waals surface area contributed by atoms with Gasteiger partial charge in [0.1, 0.15) is 5.82 Å². The molecule has 1 aromatic rings. The molecule has 1 aromatic heterocycles. The summed E-state index contributed by atoms with van der Waals surface area (Å²) in [4.78, 5) is 6.66. The van der Waals surface area contributed by atoms with Gasteiger partial charge in [0.05, 0.1) is 0 Å². The van der Waals surface area contributed by atoms with Crippen molar-refractivity contribution < 1.29 is 0 Å². The maximum absolute atomic E-state index is 8.15. The standard InChI is InChI=1S/C9H12N4/c1-2-3-4-8-5-6-9(11-7-8)12-13-10/h5-7H,2-4H2,1H3. The number of pyridine rings is 1. The molecule has 1 heterocycles. The van der Waals surface area contributed by atoms with Crippen molar-refractivity contribution in [1.82, 2.24) is 4.98 Å². The topological polar surface area (TPSA) is 61.7 Å². The first kappa shape index (κ1) is 9.55. The van der Waals surface area contributed by atoms with Gasteiger partial charge in [-0.3, -0.25) is 4.98 Å². The highest BCUT2D eigenvalue weighted by Crippen LogP contribution is 2.10. The Balaban J connectivity index is 2.63. The maximum Gasteiger partial charge on any atom is 0.126 e. The molecule has 0 spiro atoms. The zero-order valence-corrected chi connectivity index (χ0v) is 7.64. The highest BCUT2D eigenvalue weighted by atomic mass is 15.2. The summed E-state index contributed by atoms with van der Waals surface area (Å²) in [5, 5.41) is 3.40. The minimum Gasteiger partial charge on any atom is -0.254 e. The van der Waals surface area contributed by atoms with Crippen LogP contribution >= 0.6 is 0 Å². The van der Waals surface area contributed by atoms with Gasteiger partial charge in [-0.1, -0.05) is 19.4 Å². The number of azide groups is 1. The third-order valence-corrected chi connectivity index (χ3v) is 1.78. The molecule has 0 aliphatic carbocycles. The summed E-state index contributed by atoms with van der Waals surface area (Å²) in [5.41, 5.74) is 9.34. The SMILES string of the molecule is CCCCc1ccc(N=[N+]=[N-])nc1. The molecule has 13 heavy (non-hydrogen) atoms. The Labute approximate surface area is 77.2 Å². The van der Waals surface area contributed by atoms with Crippen molar-refractivity contribution in [2.75, 3.05) is 0 Å². The van der Waals surface area contributed by atoms with Gasteiger partial charge in [0, 0.05) is 11.1 Å². The van der Waals surface area contributed by atoms with Gasteiger partial charge >= 0.3 is 0 Å². The Morgan fingerprint density at radius 3 is 2.92 bits per heavy atom. The molecule has 0 amide bonds. The van der Waals surface area contributed by atoms with E-state index in [1.807, 2.05) is 6.07 Å². The lowest BCUT2D eigenvalue weighted by Crippen LogP contribution is -1.85. The van der Waals surface area contributed by atoms with E-state index in [4.69, 9.17) is 5.53 Å². The number of hydrogen-bond acceptors (Lipinski definition) is 2. The number of nitrogens with zero attached hydrogens (tertiary/aromatic N) is 4. The van der Waals surface area contributed by atoms with Crippen molar-refractivity contribution >= 4 is 5.82 Å². The van der Waals surface area contributed by atoms with E-state index in [2.05, 4.69) is 21.9 Å². The lowest BCUT2D eigenvalue weighted by Gasteiger charge is -1.98. The van der Waals surface area contributed by atoms with Crippen molar-refractivity contribution in [2.24, 2.45) is 5.11 Å². The Hall–Kier alpha value is -1.54. The van der Waals surface area contributed by atoms with E-state index in [0.29, 0.717) is 5.82 Å². The van der Waals surface area contributed by atoms with E-state index in [0.717, 1.165) is 6.42 Å². The summed E-state index contributed by atoms with van der Waals surface area (Å²) in [7, 11) is 0. The lowest BCUT2D eigenvalue weighted by molar-refractivity contribution is 0.792. The summed E-state index contributed by atoms with van der Waals surface area (Å²) in [5.74, 6) is 0.433. The second-order valence-electron chi connectivity index (χ2n) is 2.82. The van der Waals surface area contributed by atoms with Crippen LogP contribution < -0.4 is 0 Å². The normalized spacial score (nSPS) is 9.31. The molecule has 0 bridgehead atoms. The predicted octanol–water partition coefficient (Wildman–Crippen LogP) is 3.37. The quantitative estimate of drug-likeness (QED) is 0.394. The zero-order valence-electron chi connectivity index (χ0n) is 7.64. The van der Waals surface area contributed by atoms with Gasteiger partial charge in [-0.15, -0.1) is 0 Å². The van der Waals surface area contributed by atoms with Crippen molar-refractivity contribution in [3.05, 3.63) is 34.3 Å². The van der Waals surface area contributed by atoms with Crippen molar-refractivity contribution in [1.29, 1.82) is 0 Å². The molecule has 0 aliphatic rings. The first-order valence-corrected chi connectivity index (χ1v) is 4.37. The molecule has 0 aliphatic heterocycles. The van der Waals surface area contributed by atoms with Crippen LogP contribution in [0.1, 0.15) is 25.3 Å². The van der Waals surface area contributed by atoms with Crippen LogP contribution in [-0.4, -0.2) is 4.98 Å². The molecule has 0 N–H and O–H groups in total. The zero-order chi connectivity index (χ0) is 9.52. The average Bonchev–Trinajstić information content (AvgIpc) is 2.17. The first-order valence-electron chi connectivity index (χ1n) is 4.37. The average molecular weight is 176 g/mol. The van der Waals surface area contributed by atoms with Crippen LogP contribution in [0.3, 0.4) is 0 Å². The first-order chi connectivity index (χ1) is 6.36. The third kappa shape index (κ3) is 3.13. The van der Waals surface area contributed by atoms with Gasteiger partial charge in [0.2, 0.25) is 0 Å². The summed E-state index contributed by atoms with van der Waals surface area (Å²) >= 11 is 0. The van der Waals surface area contributed by atoms with E-state index in [-0.39, 0.29) is 0 Å². The predicted molar refractivity (Wildman–Crippen MR) is 51.7 cm³/mol. The molecule has 68 valence electrons. The van der Waals surface area contributed by atoms with Gasteiger partial charge in [-0.25, -0.2) is 0 Å². The van der Waals surface area contributed by atoms with Gasteiger partial charge in [-0.05, 0) is 35.1 Å². The van der Waals surface area contributed by atoms with Crippen LogP contribution in [0.2, 0.25) is 0 Å². The summed E-state index contributed by atoms with van der Waals surface area (Å²) < 4.78 is 0. The van der Waals surface area contributed by atoms with Gasteiger partial charge in [0.15, 0.2) is 0 Å². The van der Waals surface area contributed by atoms with Crippen molar-refractivity contribution in [3.63, 3.8) is 0 Å². The molecule has 0 fully saturated rings. The molecule has 1 rings (SSSR count). The molecule has 0 atom stereocenters. The second-order valence-corrected chi connectivity index (χ2v) is 2.82. The van der Waals surface area contributed by atoms with Crippen LogP contribution in [0.15, 0.2) is 23.4 Å².